The van der Waals surface area contributed by atoms with Crippen LogP contribution in [0.25, 0.3) is 0 Å². The highest BCUT2D eigenvalue weighted by atomic mass is 16.6. The summed E-state index contributed by atoms with van der Waals surface area (Å²) in [7, 11) is 0. The summed E-state index contributed by atoms with van der Waals surface area (Å²) in [5, 5.41) is 10.8. The summed E-state index contributed by atoms with van der Waals surface area (Å²) in [5.41, 5.74) is -0.164. The van der Waals surface area contributed by atoms with Gasteiger partial charge in [-0.1, -0.05) is 24.3 Å². The van der Waals surface area contributed by atoms with Crippen LogP contribution >= 0.6 is 0 Å². The fraction of sp³-hybridized carbons (Fsp3) is 0.400. The van der Waals surface area contributed by atoms with Gasteiger partial charge in [0, 0.05) is 6.07 Å². The second kappa shape index (κ2) is 7.42. The third-order valence-corrected chi connectivity index (χ3v) is 3.27. The fourth-order valence-electron chi connectivity index (χ4n) is 2.13. The van der Waals surface area contributed by atoms with Gasteiger partial charge in [-0.3, -0.25) is 10.1 Å². The van der Waals surface area contributed by atoms with Gasteiger partial charge in [0.1, 0.15) is 0 Å². The van der Waals surface area contributed by atoms with Crippen molar-refractivity contribution in [1.29, 1.82) is 0 Å². The Balaban J connectivity index is 1.78. The van der Waals surface area contributed by atoms with Crippen molar-refractivity contribution >= 4 is 11.7 Å². The first kappa shape index (κ1) is 15.0. The number of nitro groups is 1. The number of ether oxygens (including phenoxy) is 2. The smallest absolute Gasteiger partial charge is 0.344 e. The van der Waals surface area contributed by atoms with Gasteiger partial charge in [-0.05, 0) is 31.2 Å². The lowest BCUT2D eigenvalue weighted by Crippen LogP contribution is -2.20. The van der Waals surface area contributed by atoms with E-state index < -0.39 is 10.9 Å². The molecule has 6 heteroatoms. The first-order valence-electron chi connectivity index (χ1n) is 6.83. The second-order valence-corrected chi connectivity index (χ2v) is 4.85. The standard InChI is InChI=1S/C15H17NO5/c17-15(21-10-12-6-2-1-3-7-12)11-20-14-9-5-4-8-13(14)16(18)19/h1-2,4-5,8-9,12H,3,6-7,10-11H2. The Kier molecular flexibility index (Phi) is 5.31. The van der Waals surface area contributed by atoms with Crippen LogP contribution in [-0.4, -0.2) is 24.1 Å². The van der Waals surface area contributed by atoms with E-state index in [9.17, 15) is 14.9 Å². The van der Waals surface area contributed by atoms with E-state index in [-0.39, 0.29) is 18.0 Å². The molecule has 0 saturated carbocycles. The molecule has 0 aromatic heterocycles. The fourth-order valence-corrected chi connectivity index (χ4v) is 2.13. The molecule has 0 aliphatic heterocycles. The van der Waals surface area contributed by atoms with Crippen molar-refractivity contribution in [3.8, 4) is 5.75 Å². The average Bonchev–Trinajstić information content (AvgIpc) is 2.52. The maximum absolute atomic E-state index is 11.6. The molecular formula is C15H17NO5. The summed E-state index contributed by atoms with van der Waals surface area (Å²) in [5.74, 6) is -0.0900. The van der Waals surface area contributed by atoms with Gasteiger partial charge in [0.25, 0.3) is 0 Å². The Morgan fingerprint density at radius 2 is 2.14 bits per heavy atom. The number of hydrogen-bond donors (Lipinski definition) is 0. The summed E-state index contributed by atoms with van der Waals surface area (Å²) in [6.45, 7) is 0.0385. The van der Waals surface area contributed by atoms with Crippen molar-refractivity contribution in [2.75, 3.05) is 13.2 Å². The minimum Gasteiger partial charge on any atom is -0.475 e. The summed E-state index contributed by atoms with van der Waals surface area (Å²) < 4.78 is 10.3. The molecule has 0 radical (unpaired) electrons. The second-order valence-electron chi connectivity index (χ2n) is 4.85. The van der Waals surface area contributed by atoms with Gasteiger partial charge in [-0.15, -0.1) is 0 Å². The molecule has 1 atom stereocenters. The van der Waals surface area contributed by atoms with Crippen LogP contribution in [0.2, 0.25) is 0 Å². The Labute approximate surface area is 122 Å². The minimum atomic E-state index is -0.547. The van der Waals surface area contributed by atoms with Crippen LogP contribution in [0.15, 0.2) is 36.4 Å². The van der Waals surface area contributed by atoms with E-state index in [0.29, 0.717) is 12.5 Å². The predicted octanol–water partition coefficient (Wildman–Crippen LogP) is 2.87. The van der Waals surface area contributed by atoms with Crippen molar-refractivity contribution in [1.82, 2.24) is 0 Å². The molecule has 1 aromatic carbocycles. The van der Waals surface area contributed by atoms with Crippen molar-refractivity contribution in [2.45, 2.75) is 19.3 Å². The Morgan fingerprint density at radius 1 is 1.33 bits per heavy atom. The number of nitrogens with zero attached hydrogens (tertiary/aromatic N) is 1. The van der Waals surface area contributed by atoms with Crippen LogP contribution in [0.4, 0.5) is 5.69 Å². The Hall–Kier alpha value is -2.37. The zero-order valence-electron chi connectivity index (χ0n) is 11.6. The van der Waals surface area contributed by atoms with E-state index in [4.69, 9.17) is 9.47 Å². The zero-order chi connectivity index (χ0) is 15.1. The average molecular weight is 291 g/mol. The van der Waals surface area contributed by atoms with Gasteiger partial charge in [-0.25, -0.2) is 4.79 Å². The summed E-state index contributed by atoms with van der Waals surface area (Å²) >= 11 is 0. The van der Waals surface area contributed by atoms with Gasteiger partial charge in [0.2, 0.25) is 0 Å². The highest BCUT2D eigenvalue weighted by molar-refractivity contribution is 5.71. The molecule has 2 rings (SSSR count). The first-order chi connectivity index (χ1) is 10.2. The van der Waals surface area contributed by atoms with Crippen molar-refractivity contribution in [3.63, 3.8) is 0 Å². The third-order valence-electron chi connectivity index (χ3n) is 3.27. The number of benzene rings is 1. The van der Waals surface area contributed by atoms with Crippen LogP contribution in [0, 0.1) is 16.0 Å². The lowest BCUT2D eigenvalue weighted by molar-refractivity contribution is -0.385. The molecule has 21 heavy (non-hydrogen) atoms. The van der Waals surface area contributed by atoms with Crippen LogP contribution in [0.3, 0.4) is 0 Å². The van der Waals surface area contributed by atoms with Gasteiger partial charge in [-0.2, -0.15) is 0 Å². The molecule has 0 amide bonds. The molecule has 0 fully saturated rings. The van der Waals surface area contributed by atoms with E-state index in [2.05, 4.69) is 12.2 Å². The zero-order valence-corrected chi connectivity index (χ0v) is 11.6. The number of esters is 1. The molecule has 0 bridgehead atoms. The predicted molar refractivity (Wildman–Crippen MR) is 76.0 cm³/mol. The number of carbonyl (C=O) groups excluding carboxylic acids is 1. The van der Waals surface area contributed by atoms with Crippen LogP contribution in [-0.2, 0) is 9.53 Å². The summed E-state index contributed by atoms with van der Waals surface area (Å²) in [4.78, 5) is 21.9. The van der Waals surface area contributed by atoms with Crippen LogP contribution < -0.4 is 4.74 Å². The topological polar surface area (TPSA) is 78.7 Å². The maximum Gasteiger partial charge on any atom is 0.344 e. The van der Waals surface area contributed by atoms with Gasteiger partial charge < -0.3 is 9.47 Å². The summed E-state index contributed by atoms with van der Waals surface area (Å²) in [6.07, 6.45) is 7.14. The van der Waals surface area contributed by atoms with Gasteiger partial charge in [0.15, 0.2) is 12.4 Å². The normalized spacial score (nSPS) is 17.2. The van der Waals surface area contributed by atoms with Gasteiger partial charge in [0.05, 0.1) is 11.5 Å². The van der Waals surface area contributed by atoms with Crippen molar-refractivity contribution in [3.05, 3.63) is 46.5 Å². The number of allylic oxidation sites excluding steroid dienone is 2. The van der Waals surface area contributed by atoms with Crippen LogP contribution in [0.5, 0.6) is 5.75 Å². The monoisotopic (exact) mass is 291 g/mol. The molecule has 0 N–H and O–H groups in total. The van der Waals surface area contributed by atoms with E-state index in [0.717, 1.165) is 19.3 Å². The quantitative estimate of drug-likeness (QED) is 0.348. The SMILES string of the molecule is O=C(COc1ccccc1[N+](=O)[O-])OCC1CC=CCC1. The minimum absolute atomic E-state index is 0.0695. The molecule has 6 nitrogen and oxygen atoms in total. The number of carbonyl (C=O) groups is 1. The molecule has 0 spiro atoms. The van der Waals surface area contributed by atoms with Crippen molar-refractivity contribution in [2.24, 2.45) is 5.92 Å². The lowest BCUT2D eigenvalue weighted by atomic mass is 9.95. The Morgan fingerprint density at radius 3 is 2.86 bits per heavy atom. The summed E-state index contributed by atoms with van der Waals surface area (Å²) in [6, 6.07) is 5.94. The molecule has 112 valence electrons. The highest BCUT2D eigenvalue weighted by Crippen LogP contribution is 2.25. The van der Waals surface area contributed by atoms with E-state index in [1.165, 1.54) is 12.1 Å². The number of nitro benzene ring substituents is 1. The van der Waals surface area contributed by atoms with E-state index in [1.807, 2.05) is 0 Å². The van der Waals surface area contributed by atoms with E-state index in [1.54, 1.807) is 12.1 Å². The van der Waals surface area contributed by atoms with Crippen LogP contribution in [0.1, 0.15) is 19.3 Å². The molecular weight excluding hydrogens is 274 g/mol. The van der Waals surface area contributed by atoms with Gasteiger partial charge >= 0.3 is 11.7 Å². The molecule has 1 aromatic rings. The molecule has 1 aliphatic rings. The lowest BCUT2D eigenvalue weighted by Gasteiger charge is -2.17. The maximum atomic E-state index is 11.6. The van der Waals surface area contributed by atoms with Crippen molar-refractivity contribution < 1.29 is 19.2 Å². The highest BCUT2D eigenvalue weighted by Gasteiger charge is 2.16. The number of rotatable bonds is 6. The van der Waals surface area contributed by atoms with E-state index >= 15 is 0 Å². The number of para-hydroxylation sites is 2. The molecule has 1 unspecified atom stereocenters. The first-order valence-corrected chi connectivity index (χ1v) is 6.83. The molecule has 0 heterocycles. The number of hydrogen-bond acceptors (Lipinski definition) is 5. The molecule has 1 aliphatic carbocycles. The third kappa shape index (κ3) is 4.59. The largest absolute Gasteiger partial charge is 0.475 e. The Bertz CT molecular complexity index is 541. The molecule has 0 saturated heterocycles.